The molecule has 3 heterocycles. The Morgan fingerprint density at radius 1 is 1.22 bits per heavy atom. The second-order valence-electron chi connectivity index (χ2n) is 8.76. The second-order valence-corrected chi connectivity index (χ2v) is 8.76. The summed E-state index contributed by atoms with van der Waals surface area (Å²) in [5, 5.41) is 22.1. The molecule has 2 N–H and O–H groups in total. The van der Waals surface area contributed by atoms with E-state index in [2.05, 4.69) is 25.7 Å². The van der Waals surface area contributed by atoms with Gasteiger partial charge in [0.25, 0.3) is 11.8 Å². The van der Waals surface area contributed by atoms with Gasteiger partial charge in [0.15, 0.2) is 11.9 Å². The maximum absolute atomic E-state index is 13.3. The average Bonchev–Trinajstić information content (AvgIpc) is 3.26. The summed E-state index contributed by atoms with van der Waals surface area (Å²) in [7, 11) is 0. The Balaban J connectivity index is 1.30. The summed E-state index contributed by atoms with van der Waals surface area (Å²) in [4.78, 5) is 34.7. The van der Waals surface area contributed by atoms with Crippen molar-refractivity contribution in [1.29, 1.82) is 0 Å². The molecule has 0 bridgehead atoms. The summed E-state index contributed by atoms with van der Waals surface area (Å²) in [6, 6.07) is 5.27. The zero-order valence-corrected chi connectivity index (χ0v) is 17.2. The molecule has 10 nitrogen and oxygen atoms in total. The molecular formula is C22H21N7O3. The van der Waals surface area contributed by atoms with Gasteiger partial charge in [0.1, 0.15) is 11.4 Å². The Labute approximate surface area is 183 Å². The molecule has 6 rings (SSSR count). The lowest BCUT2D eigenvalue weighted by molar-refractivity contribution is -0.605. The number of nitrogens with zero attached hydrogens (tertiary/aromatic N) is 5. The van der Waals surface area contributed by atoms with Gasteiger partial charge in [-0.25, -0.2) is 14.6 Å². The Kier molecular flexibility index (Phi) is 4.04. The van der Waals surface area contributed by atoms with Gasteiger partial charge >= 0.3 is 0 Å². The number of anilines is 1. The Morgan fingerprint density at radius 2 is 2.09 bits per heavy atom. The van der Waals surface area contributed by atoms with Gasteiger partial charge in [-0.2, -0.15) is 9.83 Å². The summed E-state index contributed by atoms with van der Waals surface area (Å²) in [6.07, 6.45) is 9.47. The SMILES string of the molecule is O=C(NC1(C(=O)Nc2ccccn2)CCC1)c1nn(-c2c[n+]([O-])ccn2)c2c1C[C@H]1C[C@@H]21. The van der Waals surface area contributed by atoms with Gasteiger partial charge < -0.3 is 15.8 Å². The molecular weight excluding hydrogens is 410 g/mol. The molecule has 3 aromatic rings. The molecule has 3 aliphatic carbocycles. The van der Waals surface area contributed by atoms with E-state index in [0.29, 0.717) is 46.7 Å². The maximum atomic E-state index is 13.3. The smallest absolute Gasteiger partial charge is 0.272 e. The van der Waals surface area contributed by atoms with Crippen molar-refractivity contribution in [3.05, 3.63) is 65.1 Å². The van der Waals surface area contributed by atoms with Crippen LogP contribution in [-0.2, 0) is 11.2 Å². The summed E-state index contributed by atoms with van der Waals surface area (Å²) in [5.74, 6) is 1.04. The first-order valence-electron chi connectivity index (χ1n) is 10.8. The summed E-state index contributed by atoms with van der Waals surface area (Å²) in [6.45, 7) is 0. The number of fused-ring (bicyclic) bond motifs is 3. The predicted octanol–water partition coefficient (Wildman–Crippen LogP) is 1.25. The van der Waals surface area contributed by atoms with E-state index in [1.807, 2.05) is 0 Å². The summed E-state index contributed by atoms with van der Waals surface area (Å²) in [5.41, 5.74) is 1.19. The van der Waals surface area contributed by atoms with Gasteiger partial charge in [-0.15, -0.1) is 0 Å². The van der Waals surface area contributed by atoms with Crippen molar-refractivity contribution >= 4 is 17.6 Å². The first kappa shape index (κ1) is 18.9. The first-order chi connectivity index (χ1) is 15.5. The quantitative estimate of drug-likeness (QED) is 0.462. The molecule has 3 aliphatic rings. The third kappa shape index (κ3) is 2.94. The zero-order chi connectivity index (χ0) is 21.9. The van der Waals surface area contributed by atoms with Gasteiger partial charge in [-0.1, -0.05) is 6.07 Å². The number of aromatic nitrogens is 5. The number of rotatable bonds is 5. The number of hydrogen-bond donors (Lipinski definition) is 2. The molecule has 0 saturated heterocycles. The molecule has 2 fully saturated rings. The van der Waals surface area contributed by atoms with E-state index in [4.69, 9.17) is 0 Å². The van der Waals surface area contributed by atoms with Crippen LogP contribution in [-0.4, -0.2) is 37.1 Å². The van der Waals surface area contributed by atoms with Crippen molar-refractivity contribution in [2.75, 3.05) is 5.32 Å². The molecule has 0 aliphatic heterocycles. The fourth-order valence-corrected chi connectivity index (χ4v) is 4.84. The first-order valence-corrected chi connectivity index (χ1v) is 10.8. The second kappa shape index (κ2) is 6.84. The third-order valence-electron chi connectivity index (χ3n) is 6.76. The molecule has 2 amide bonds. The molecule has 0 unspecified atom stereocenters. The van der Waals surface area contributed by atoms with Gasteiger partial charge in [-0.05, 0) is 50.2 Å². The highest BCUT2D eigenvalue weighted by atomic mass is 16.5. The lowest BCUT2D eigenvalue weighted by Crippen LogP contribution is -2.61. The molecule has 2 saturated carbocycles. The van der Waals surface area contributed by atoms with Crippen molar-refractivity contribution in [2.24, 2.45) is 5.92 Å². The molecule has 32 heavy (non-hydrogen) atoms. The zero-order valence-electron chi connectivity index (χ0n) is 17.2. The lowest BCUT2D eigenvalue weighted by atomic mass is 9.75. The number of nitrogens with one attached hydrogen (secondary N) is 2. The minimum absolute atomic E-state index is 0.271. The van der Waals surface area contributed by atoms with Crippen LogP contribution in [0.5, 0.6) is 0 Å². The Hall–Kier alpha value is -3.82. The predicted molar refractivity (Wildman–Crippen MR) is 112 cm³/mol. The Bertz CT molecular complexity index is 1240. The van der Waals surface area contributed by atoms with Gasteiger partial charge in [0.2, 0.25) is 12.0 Å². The van der Waals surface area contributed by atoms with E-state index in [1.165, 1.54) is 18.6 Å². The van der Waals surface area contributed by atoms with Gasteiger partial charge in [0.05, 0.1) is 11.9 Å². The minimum atomic E-state index is -0.976. The van der Waals surface area contributed by atoms with Crippen LogP contribution in [0.4, 0.5) is 5.82 Å². The highest BCUT2D eigenvalue weighted by molar-refractivity contribution is 6.04. The number of hydrogen-bond acceptors (Lipinski definition) is 6. The third-order valence-corrected chi connectivity index (χ3v) is 6.76. The van der Waals surface area contributed by atoms with Crippen LogP contribution in [0.2, 0.25) is 0 Å². The van der Waals surface area contributed by atoms with Crippen LogP contribution in [0.15, 0.2) is 43.0 Å². The standard InChI is InChI=1S/C22H21N7O3/c30-20(26-22(5-3-6-22)21(31)25-16-4-1-2-7-23-16)18-15-11-13-10-14(13)19(15)29(27-18)17-12-28(32)9-8-24-17/h1-2,4,7-9,12-14H,3,5-6,10-11H2,(H,26,30)(H,23,25,31)/t13-,14-/m1/s1. The highest BCUT2D eigenvalue weighted by Crippen LogP contribution is 2.57. The molecule has 162 valence electrons. The van der Waals surface area contributed by atoms with Crippen LogP contribution >= 0.6 is 0 Å². The van der Waals surface area contributed by atoms with E-state index >= 15 is 0 Å². The lowest BCUT2D eigenvalue weighted by Gasteiger charge is -2.40. The number of carbonyl (C=O) groups is 2. The largest absolute Gasteiger partial charge is 0.619 e. The fourth-order valence-electron chi connectivity index (χ4n) is 4.84. The summed E-state index contributed by atoms with van der Waals surface area (Å²) < 4.78 is 2.29. The van der Waals surface area contributed by atoms with Crippen LogP contribution in [0.25, 0.3) is 5.82 Å². The van der Waals surface area contributed by atoms with Crippen LogP contribution < -0.4 is 15.4 Å². The van der Waals surface area contributed by atoms with E-state index < -0.39 is 5.54 Å². The van der Waals surface area contributed by atoms with Crippen molar-refractivity contribution in [2.45, 2.75) is 43.6 Å². The van der Waals surface area contributed by atoms with Crippen LogP contribution in [0, 0.1) is 11.1 Å². The van der Waals surface area contributed by atoms with Gasteiger partial charge in [0, 0.05) is 17.7 Å². The number of pyridine rings is 1. The highest BCUT2D eigenvalue weighted by Gasteiger charge is 2.52. The summed E-state index contributed by atoms with van der Waals surface area (Å²) >= 11 is 0. The number of carbonyl (C=O) groups excluding carboxylic acids is 2. The Morgan fingerprint density at radius 3 is 2.81 bits per heavy atom. The molecule has 0 radical (unpaired) electrons. The average molecular weight is 431 g/mol. The van der Waals surface area contributed by atoms with Crippen LogP contribution in [0.1, 0.15) is 53.3 Å². The van der Waals surface area contributed by atoms with Crippen LogP contribution in [0.3, 0.4) is 0 Å². The van der Waals surface area contributed by atoms with Crippen molar-refractivity contribution in [3.8, 4) is 5.82 Å². The van der Waals surface area contributed by atoms with Crippen molar-refractivity contribution in [3.63, 3.8) is 0 Å². The molecule has 10 heteroatoms. The monoisotopic (exact) mass is 431 g/mol. The normalized spacial score (nSPS) is 21.8. The van der Waals surface area contributed by atoms with Gasteiger partial charge in [-0.3, -0.25) is 9.59 Å². The van der Waals surface area contributed by atoms with E-state index in [9.17, 15) is 14.8 Å². The van der Waals surface area contributed by atoms with E-state index in [1.54, 1.807) is 29.1 Å². The molecule has 0 aromatic carbocycles. The van der Waals surface area contributed by atoms with E-state index in [0.717, 1.165) is 30.5 Å². The molecule has 0 spiro atoms. The minimum Gasteiger partial charge on any atom is -0.619 e. The molecule has 3 aromatic heterocycles. The topological polar surface area (TPSA) is 129 Å². The fraction of sp³-hybridized carbons (Fsp3) is 0.364. The van der Waals surface area contributed by atoms with E-state index in [-0.39, 0.29) is 11.8 Å². The maximum Gasteiger partial charge on any atom is 0.272 e. The van der Waals surface area contributed by atoms with Crippen molar-refractivity contribution in [1.82, 2.24) is 25.1 Å². The van der Waals surface area contributed by atoms with Crippen molar-refractivity contribution < 1.29 is 14.3 Å². The molecule has 2 atom stereocenters. The number of amides is 2.